The van der Waals surface area contributed by atoms with Crippen molar-refractivity contribution in [1.29, 1.82) is 0 Å². The van der Waals surface area contributed by atoms with Gasteiger partial charge >= 0.3 is 0 Å². The summed E-state index contributed by atoms with van der Waals surface area (Å²) >= 11 is 1.41. The monoisotopic (exact) mass is 315 g/mol. The molecule has 0 saturated carbocycles. The summed E-state index contributed by atoms with van der Waals surface area (Å²) < 4.78 is 32.4. The van der Waals surface area contributed by atoms with Crippen LogP contribution in [0.5, 0.6) is 0 Å². The lowest BCUT2D eigenvalue weighted by atomic mass is 10.4. The number of rotatable bonds is 7. The topological polar surface area (TPSA) is 84.2 Å². The first-order valence-electron chi connectivity index (χ1n) is 6.21. The van der Waals surface area contributed by atoms with E-state index in [9.17, 15) is 8.42 Å². The number of hydrogen-bond acceptors (Lipinski definition) is 6. The van der Waals surface area contributed by atoms with Crippen LogP contribution >= 0.6 is 11.3 Å². The third kappa shape index (κ3) is 3.45. The second-order valence-corrected chi connectivity index (χ2v) is 6.87. The van der Waals surface area contributed by atoms with Gasteiger partial charge in [-0.1, -0.05) is 6.92 Å². The van der Waals surface area contributed by atoms with Crippen molar-refractivity contribution in [2.24, 2.45) is 0 Å². The summed E-state index contributed by atoms with van der Waals surface area (Å²) in [5, 5.41) is 4.72. The molecule has 20 heavy (non-hydrogen) atoms. The van der Waals surface area contributed by atoms with Crippen molar-refractivity contribution in [2.75, 3.05) is 7.05 Å². The van der Waals surface area contributed by atoms with E-state index in [2.05, 4.69) is 15.0 Å². The maximum atomic E-state index is 12.2. The Morgan fingerprint density at radius 3 is 2.85 bits per heavy atom. The highest BCUT2D eigenvalue weighted by atomic mass is 32.2. The molecule has 0 aromatic carbocycles. The van der Waals surface area contributed by atoms with Crippen molar-refractivity contribution < 1.29 is 12.8 Å². The maximum Gasteiger partial charge on any atom is 0.242 e. The van der Waals surface area contributed by atoms with Crippen molar-refractivity contribution in [3.8, 4) is 0 Å². The van der Waals surface area contributed by atoms with E-state index >= 15 is 0 Å². The zero-order valence-corrected chi connectivity index (χ0v) is 13.0. The molecule has 0 radical (unpaired) electrons. The second-order valence-electron chi connectivity index (χ2n) is 4.14. The van der Waals surface area contributed by atoms with Crippen molar-refractivity contribution in [2.45, 2.75) is 31.3 Å². The SMILES string of the molecule is CCc1cnc(CNS(=O)(=O)c2ccsc2CNC)o1. The lowest BCUT2D eigenvalue weighted by Gasteiger charge is -2.06. The first-order chi connectivity index (χ1) is 9.56. The van der Waals surface area contributed by atoms with E-state index in [1.54, 1.807) is 24.7 Å². The highest BCUT2D eigenvalue weighted by Crippen LogP contribution is 2.21. The largest absolute Gasteiger partial charge is 0.444 e. The molecule has 0 aliphatic carbocycles. The van der Waals surface area contributed by atoms with Crippen molar-refractivity contribution in [3.05, 3.63) is 34.2 Å². The van der Waals surface area contributed by atoms with Crippen LogP contribution in [0.15, 0.2) is 27.0 Å². The van der Waals surface area contributed by atoms with Crippen LogP contribution in [0.1, 0.15) is 23.5 Å². The van der Waals surface area contributed by atoms with Crippen LogP contribution in [-0.2, 0) is 29.5 Å². The molecule has 110 valence electrons. The standard InChI is InChI=1S/C12H17N3O3S2/c1-3-9-6-14-12(18-9)8-15-20(16,17)11-4-5-19-10(11)7-13-2/h4-6,13,15H,3,7-8H2,1-2H3. The number of oxazole rings is 1. The van der Waals surface area contributed by atoms with E-state index in [0.717, 1.165) is 17.1 Å². The molecule has 2 aromatic heterocycles. The number of sulfonamides is 1. The molecular formula is C12H17N3O3S2. The van der Waals surface area contributed by atoms with Crippen LogP contribution in [0.25, 0.3) is 0 Å². The van der Waals surface area contributed by atoms with Gasteiger partial charge in [-0.2, -0.15) is 0 Å². The number of thiophene rings is 1. The number of nitrogens with one attached hydrogen (secondary N) is 2. The molecule has 0 atom stereocenters. The number of aryl methyl sites for hydroxylation is 1. The fraction of sp³-hybridized carbons (Fsp3) is 0.417. The fourth-order valence-corrected chi connectivity index (χ4v) is 4.11. The number of nitrogens with zero attached hydrogens (tertiary/aromatic N) is 1. The Labute approximate surface area is 122 Å². The third-order valence-corrected chi connectivity index (χ3v) is 5.23. The highest BCUT2D eigenvalue weighted by molar-refractivity contribution is 7.89. The Kier molecular flexibility index (Phi) is 4.92. The van der Waals surface area contributed by atoms with Gasteiger partial charge in [-0.25, -0.2) is 18.1 Å². The summed E-state index contributed by atoms with van der Waals surface area (Å²) in [5.41, 5.74) is 0. The third-order valence-electron chi connectivity index (χ3n) is 2.69. The summed E-state index contributed by atoms with van der Waals surface area (Å²) in [6, 6.07) is 1.60. The fourth-order valence-electron chi connectivity index (χ4n) is 1.69. The average Bonchev–Trinajstić information content (AvgIpc) is 3.05. The van der Waals surface area contributed by atoms with E-state index in [1.165, 1.54) is 11.3 Å². The molecule has 0 bridgehead atoms. The summed E-state index contributed by atoms with van der Waals surface area (Å²) in [6.45, 7) is 2.52. The molecule has 2 rings (SSSR count). The van der Waals surface area contributed by atoms with Crippen molar-refractivity contribution >= 4 is 21.4 Å². The zero-order chi connectivity index (χ0) is 14.6. The quantitative estimate of drug-likeness (QED) is 0.809. The molecule has 2 aromatic rings. The second kappa shape index (κ2) is 6.49. The summed E-state index contributed by atoms with van der Waals surface area (Å²) in [5.74, 6) is 1.11. The Morgan fingerprint density at radius 2 is 2.20 bits per heavy atom. The van der Waals surface area contributed by atoms with Gasteiger partial charge in [-0.05, 0) is 18.5 Å². The Balaban J connectivity index is 2.08. The van der Waals surface area contributed by atoms with Crippen molar-refractivity contribution in [3.63, 3.8) is 0 Å². The molecule has 0 fully saturated rings. The Morgan fingerprint density at radius 1 is 1.40 bits per heavy atom. The van der Waals surface area contributed by atoms with Gasteiger partial charge in [-0.3, -0.25) is 0 Å². The number of hydrogen-bond donors (Lipinski definition) is 2. The van der Waals surface area contributed by atoms with Crippen molar-refractivity contribution in [1.82, 2.24) is 15.0 Å². The molecule has 2 N–H and O–H groups in total. The maximum absolute atomic E-state index is 12.2. The van der Waals surface area contributed by atoms with Crippen LogP contribution in [0.4, 0.5) is 0 Å². The van der Waals surface area contributed by atoms with Gasteiger partial charge in [-0.15, -0.1) is 11.3 Å². The van der Waals surface area contributed by atoms with Gasteiger partial charge in [0.05, 0.1) is 17.6 Å². The van der Waals surface area contributed by atoms with Crippen LogP contribution in [0.2, 0.25) is 0 Å². The van der Waals surface area contributed by atoms with Crippen LogP contribution in [0.3, 0.4) is 0 Å². The molecular weight excluding hydrogens is 298 g/mol. The normalized spacial score (nSPS) is 11.9. The lowest BCUT2D eigenvalue weighted by molar-refractivity contribution is 0.452. The predicted molar refractivity (Wildman–Crippen MR) is 77.0 cm³/mol. The smallest absolute Gasteiger partial charge is 0.242 e. The predicted octanol–water partition coefficient (Wildman–Crippen LogP) is 1.50. The molecule has 0 spiro atoms. The molecule has 0 saturated heterocycles. The molecule has 8 heteroatoms. The summed E-state index contributed by atoms with van der Waals surface area (Å²) in [4.78, 5) is 5.11. The van der Waals surface area contributed by atoms with E-state index in [1.807, 2.05) is 6.92 Å². The molecule has 0 aliphatic heterocycles. The van der Waals surface area contributed by atoms with E-state index in [4.69, 9.17) is 4.42 Å². The average molecular weight is 315 g/mol. The molecule has 6 nitrogen and oxygen atoms in total. The van der Waals surface area contributed by atoms with E-state index < -0.39 is 10.0 Å². The molecule has 0 unspecified atom stereocenters. The molecule has 0 amide bonds. The van der Waals surface area contributed by atoms with Crippen LogP contribution in [0, 0.1) is 0 Å². The van der Waals surface area contributed by atoms with Gasteiger partial charge in [0.1, 0.15) is 5.76 Å². The molecule has 0 aliphatic rings. The first-order valence-corrected chi connectivity index (χ1v) is 8.57. The van der Waals surface area contributed by atoms with Gasteiger partial charge in [0.25, 0.3) is 0 Å². The minimum Gasteiger partial charge on any atom is -0.444 e. The first kappa shape index (κ1) is 15.2. The lowest BCUT2D eigenvalue weighted by Crippen LogP contribution is -2.24. The van der Waals surface area contributed by atoms with Gasteiger partial charge in [0.15, 0.2) is 0 Å². The van der Waals surface area contributed by atoms with E-state index in [-0.39, 0.29) is 6.54 Å². The Hall–Kier alpha value is -1.22. The minimum atomic E-state index is -3.55. The zero-order valence-electron chi connectivity index (χ0n) is 11.3. The summed E-state index contributed by atoms with van der Waals surface area (Å²) in [7, 11) is -1.76. The van der Waals surface area contributed by atoms with Gasteiger partial charge in [0, 0.05) is 17.8 Å². The van der Waals surface area contributed by atoms with E-state index in [0.29, 0.717) is 17.3 Å². The van der Waals surface area contributed by atoms with Gasteiger partial charge in [0.2, 0.25) is 15.9 Å². The summed E-state index contributed by atoms with van der Waals surface area (Å²) in [6.07, 6.45) is 2.34. The Bertz CT molecular complexity index is 661. The highest BCUT2D eigenvalue weighted by Gasteiger charge is 2.20. The van der Waals surface area contributed by atoms with Crippen LogP contribution in [-0.4, -0.2) is 20.4 Å². The molecule has 2 heterocycles. The van der Waals surface area contributed by atoms with Gasteiger partial charge < -0.3 is 9.73 Å². The van der Waals surface area contributed by atoms with Crippen LogP contribution < -0.4 is 10.0 Å². The number of aromatic nitrogens is 1. The minimum absolute atomic E-state index is 0.0528.